The molecule has 2 amide bonds. The van der Waals surface area contributed by atoms with Crippen molar-refractivity contribution in [2.24, 2.45) is 5.92 Å². The van der Waals surface area contributed by atoms with Crippen LogP contribution in [0.25, 0.3) is 0 Å². The summed E-state index contributed by atoms with van der Waals surface area (Å²) < 4.78 is 5.92. The van der Waals surface area contributed by atoms with Crippen LogP contribution in [-0.4, -0.2) is 18.4 Å². The van der Waals surface area contributed by atoms with E-state index in [1.807, 2.05) is 86.6 Å². The maximum atomic E-state index is 12.8. The van der Waals surface area contributed by atoms with Gasteiger partial charge in [-0.15, -0.1) is 0 Å². The van der Waals surface area contributed by atoms with E-state index < -0.39 is 5.92 Å². The summed E-state index contributed by atoms with van der Waals surface area (Å²) in [5.41, 5.74) is 10.5. The minimum Gasteiger partial charge on any atom is -0.487 e. The number of hydrogen-bond donors (Lipinski definition) is 2. The third kappa shape index (κ3) is 4.91. The first-order valence-corrected chi connectivity index (χ1v) is 10.7. The van der Waals surface area contributed by atoms with Crippen LogP contribution >= 0.6 is 0 Å². The van der Waals surface area contributed by atoms with Gasteiger partial charge in [-0.1, -0.05) is 48.5 Å². The van der Waals surface area contributed by atoms with Crippen molar-refractivity contribution in [3.05, 3.63) is 89.5 Å². The van der Waals surface area contributed by atoms with Gasteiger partial charge in [0.2, 0.25) is 11.8 Å². The predicted molar refractivity (Wildman–Crippen MR) is 125 cm³/mol. The fourth-order valence-electron chi connectivity index (χ4n) is 3.69. The number of nitrogens with zero attached hydrogens (tertiary/aromatic N) is 1. The van der Waals surface area contributed by atoms with Crippen molar-refractivity contribution in [3.63, 3.8) is 0 Å². The van der Waals surface area contributed by atoms with Gasteiger partial charge in [-0.2, -0.15) is 0 Å². The van der Waals surface area contributed by atoms with Gasteiger partial charge in [-0.3, -0.25) is 20.4 Å². The number of aryl methyl sites for hydroxylation is 2. The molecule has 0 spiro atoms. The molecule has 32 heavy (non-hydrogen) atoms. The summed E-state index contributed by atoms with van der Waals surface area (Å²) in [5.74, 6) is -0.0486. The van der Waals surface area contributed by atoms with E-state index in [9.17, 15) is 9.59 Å². The number of para-hydroxylation sites is 2. The molecular formula is C26H27N3O3. The molecule has 6 nitrogen and oxygen atoms in total. The van der Waals surface area contributed by atoms with E-state index in [0.717, 1.165) is 16.8 Å². The Morgan fingerprint density at radius 1 is 1.00 bits per heavy atom. The van der Waals surface area contributed by atoms with Crippen LogP contribution in [0.1, 0.15) is 23.1 Å². The number of nitrogens with one attached hydrogen (secondary N) is 2. The number of carbonyl (C=O) groups is 2. The minimum atomic E-state index is -0.422. The number of amides is 2. The molecule has 1 aliphatic heterocycles. The van der Waals surface area contributed by atoms with E-state index in [-0.39, 0.29) is 18.2 Å². The monoisotopic (exact) mass is 429 g/mol. The molecular weight excluding hydrogens is 402 g/mol. The van der Waals surface area contributed by atoms with Gasteiger partial charge >= 0.3 is 0 Å². The van der Waals surface area contributed by atoms with Crippen LogP contribution in [0.3, 0.4) is 0 Å². The molecule has 0 bridgehead atoms. The van der Waals surface area contributed by atoms with Gasteiger partial charge in [0.05, 0.1) is 11.6 Å². The number of ether oxygens (including phenoxy) is 1. The molecule has 0 aromatic heterocycles. The SMILES string of the molecule is Cc1ccc(N2C[C@@H](C(=O)NNc3ccccc3OCc3ccccc3)CC2=O)cc1C. The fourth-order valence-corrected chi connectivity index (χ4v) is 3.69. The lowest BCUT2D eigenvalue weighted by molar-refractivity contribution is -0.125. The molecule has 6 heteroatoms. The smallest absolute Gasteiger partial charge is 0.243 e. The van der Waals surface area contributed by atoms with Gasteiger partial charge in [-0.25, -0.2) is 0 Å². The quantitative estimate of drug-likeness (QED) is 0.547. The average molecular weight is 430 g/mol. The molecule has 1 saturated heterocycles. The number of benzene rings is 3. The van der Waals surface area contributed by atoms with Crippen LogP contribution in [0.4, 0.5) is 11.4 Å². The summed E-state index contributed by atoms with van der Waals surface area (Å²) in [4.78, 5) is 27.0. The maximum absolute atomic E-state index is 12.8. The van der Waals surface area contributed by atoms with Crippen molar-refractivity contribution in [1.82, 2.24) is 5.43 Å². The number of rotatable bonds is 7. The molecule has 0 saturated carbocycles. The molecule has 1 fully saturated rings. The van der Waals surface area contributed by atoms with Crippen LogP contribution < -0.4 is 20.5 Å². The van der Waals surface area contributed by atoms with Crippen molar-refractivity contribution in [2.75, 3.05) is 16.9 Å². The molecule has 4 rings (SSSR count). The fraction of sp³-hybridized carbons (Fsp3) is 0.231. The molecule has 3 aromatic carbocycles. The first kappa shape index (κ1) is 21.4. The van der Waals surface area contributed by atoms with Gasteiger partial charge in [0.25, 0.3) is 0 Å². The number of hydrogen-bond acceptors (Lipinski definition) is 4. The molecule has 2 N–H and O–H groups in total. The molecule has 164 valence electrons. The maximum Gasteiger partial charge on any atom is 0.243 e. The summed E-state index contributed by atoms with van der Waals surface area (Å²) in [7, 11) is 0. The lowest BCUT2D eigenvalue weighted by atomic mass is 10.1. The minimum absolute atomic E-state index is 0.0417. The Labute approximate surface area is 188 Å². The number of hydrazine groups is 1. The Balaban J connectivity index is 1.36. The Kier molecular flexibility index (Phi) is 6.40. The molecule has 1 atom stereocenters. The Morgan fingerprint density at radius 2 is 1.75 bits per heavy atom. The van der Waals surface area contributed by atoms with Crippen molar-refractivity contribution < 1.29 is 14.3 Å². The highest BCUT2D eigenvalue weighted by atomic mass is 16.5. The normalized spacial score (nSPS) is 15.5. The molecule has 1 heterocycles. The number of anilines is 2. The highest BCUT2D eigenvalue weighted by Gasteiger charge is 2.35. The second kappa shape index (κ2) is 9.56. The van der Waals surface area contributed by atoms with E-state index in [4.69, 9.17) is 4.74 Å². The first-order chi connectivity index (χ1) is 15.5. The van der Waals surface area contributed by atoms with E-state index in [0.29, 0.717) is 24.6 Å². The zero-order valence-corrected chi connectivity index (χ0v) is 18.3. The van der Waals surface area contributed by atoms with Crippen LogP contribution in [0, 0.1) is 19.8 Å². The van der Waals surface area contributed by atoms with Gasteiger partial charge in [-0.05, 0) is 54.8 Å². The second-order valence-electron chi connectivity index (χ2n) is 8.06. The zero-order valence-electron chi connectivity index (χ0n) is 18.3. The van der Waals surface area contributed by atoms with Crippen LogP contribution in [0.2, 0.25) is 0 Å². The Morgan fingerprint density at radius 3 is 2.53 bits per heavy atom. The van der Waals surface area contributed by atoms with Crippen molar-refractivity contribution in [3.8, 4) is 5.75 Å². The van der Waals surface area contributed by atoms with Crippen molar-refractivity contribution in [2.45, 2.75) is 26.9 Å². The highest BCUT2D eigenvalue weighted by molar-refractivity contribution is 6.00. The third-order valence-corrected chi connectivity index (χ3v) is 5.74. The van der Waals surface area contributed by atoms with E-state index in [1.165, 1.54) is 5.56 Å². The van der Waals surface area contributed by atoms with Gasteiger partial charge in [0.1, 0.15) is 12.4 Å². The van der Waals surface area contributed by atoms with Crippen molar-refractivity contribution in [1.29, 1.82) is 0 Å². The van der Waals surface area contributed by atoms with E-state index >= 15 is 0 Å². The molecule has 1 aliphatic rings. The van der Waals surface area contributed by atoms with Gasteiger partial charge < -0.3 is 9.64 Å². The summed E-state index contributed by atoms with van der Waals surface area (Å²) in [5, 5.41) is 0. The Hall–Kier alpha value is -3.80. The molecule has 3 aromatic rings. The number of carbonyl (C=O) groups excluding carboxylic acids is 2. The lowest BCUT2D eigenvalue weighted by Crippen LogP contribution is -2.36. The summed E-state index contributed by atoms with van der Waals surface area (Å²) in [6.45, 7) is 4.84. The molecule has 0 radical (unpaired) electrons. The third-order valence-electron chi connectivity index (χ3n) is 5.74. The largest absolute Gasteiger partial charge is 0.487 e. The Bertz CT molecular complexity index is 1110. The summed E-state index contributed by atoms with van der Waals surface area (Å²) in [6.07, 6.45) is 0.187. The van der Waals surface area contributed by atoms with E-state index in [1.54, 1.807) is 4.90 Å². The lowest BCUT2D eigenvalue weighted by Gasteiger charge is -2.18. The first-order valence-electron chi connectivity index (χ1n) is 10.7. The van der Waals surface area contributed by atoms with E-state index in [2.05, 4.69) is 10.9 Å². The average Bonchev–Trinajstić information content (AvgIpc) is 3.21. The topological polar surface area (TPSA) is 70.7 Å². The van der Waals surface area contributed by atoms with Crippen LogP contribution in [0.5, 0.6) is 5.75 Å². The molecule has 0 aliphatic carbocycles. The van der Waals surface area contributed by atoms with Crippen molar-refractivity contribution >= 4 is 23.2 Å². The predicted octanol–water partition coefficient (Wildman–Crippen LogP) is 4.38. The van der Waals surface area contributed by atoms with Gasteiger partial charge in [0.15, 0.2) is 0 Å². The zero-order chi connectivity index (χ0) is 22.5. The molecule has 0 unspecified atom stereocenters. The summed E-state index contributed by atoms with van der Waals surface area (Å²) in [6, 6.07) is 23.2. The van der Waals surface area contributed by atoms with Gasteiger partial charge in [0, 0.05) is 18.7 Å². The van der Waals surface area contributed by atoms with Crippen LogP contribution in [0.15, 0.2) is 72.8 Å². The second-order valence-corrected chi connectivity index (χ2v) is 8.06. The highest BCUT2D eigenvalue weighted by Crippen LogP contribution is 2.28. The summed E-state index contributed by atoms with van der Waals surface area (Å²) >= 11 is 0. The standard InChI is InChI=1S/C26H27N3O3/c1-18-12-13-22(14-19(18)2)29-16-21(15-25(29)30)26(31)28-27-23-10-6-7-11-24(23)32-17-20-8-4-3-5-9-20/h3-14,21,27H,15-17H2,1-2H3,(H,28,31)/t21-/m0/s1. The van der Waals surface area contributed by atoms with Crippen LogP contribution in [-0.2, 0) is 16.2 Å².